The van der Waals surface area contributed by atoms with Crippen LogP contribution in [-0.2, 0) is 11.3 Å². The molecule has 22 heavy (non-hydrogen) atoms. The largest absolute Gasteiger partial charge is 0.630 e. The van der Waals surface area contributed by atoms with Gasteiger partial charge in [0.15, 0.2) is 5.96 Å². The van der Waals surface area contributed by atoms with Crippen LogP contribution in [0.3, 0.4) is 0 Å². The number of guanidine groups is 1. The van der Waals surface area contributed by atoms with E-state index in [-0.39, 0.29) is 5.96 Å². The Morgan fingerprint density at radius 2 is 2.09 bits per heavy atom. The Labute approximate surface area is 128 Å². The zero-order chi connectivity index (χ0) is 16.5. The number of nitrogens with two attached hydrogens (primary N) is 5. The van der Waals surface area contributed by atoms with Gasteiger partial charge in [-0.1, -0.05) is 0 Å². The topological polar surface area (TPSA) is 185 Å². The Morgan fingerprint density at radius 3 is 2.68 bits per heavy atom. The van der Waals surface area contributed by atoms with Gasteiger partial charge in [-0.15, -0.1) is 0 Å². The quantitative estimate of drug-likeness (QED) is 0.100. The van der Waals surface area contributed by atoms with Gasteiger partial charge in [-0.3, -0.25) is 9.79 Å². The minimum absolute atomic E-state index is 0.0129. The Hall–Kier alpha value is -2.36. The monoisotopic (exact) mass is 309 g/mol. The number of carbonyl (C=O) groups is 1. The van der Waals surface area contributed by atoms with Gasteiger partial charge in [0.1, 0.15) is 5.69 Å². The van der Waals surface area contributed by atoms with Crippen molar-refractivity contribution in [3.05, 3.63) is 29.0 Å². The average molecular weight is 309 g/mol. The van der Waals surface area contributed by atoms with E-state index in [1.54, 1.807) is 18.2 Å². The zero-order valence-electron chi connectivity index (χ0n) is 12.3. The fraction of sp³-hybridized carbons (Fsp3) is 0.385. The summed E-state index contributed by atoms with van der Waals surface area (Å²) in [5.41, 5.74) is 24.0. The first kappa shape index (κ1) is 17.7. The van der Waals surface area contributed by atoms with Gasteiger partial charge >= 0.3 is 0 Å². The summed E-state index contributed by atoms with van der Waals surface area (Å²) < 4.78 is 0. The molecule has 0 aliphatic rings. The first-order valence-electron chi connectivity index (χ1n) is 6.85. The lowest BCUT2D eigenvalue weighted by Crippen LogP contribution is -2.70. The molecule has 0 bridgehead atoms. The molecule has 0 aromatic heterocycles. The van der Waals surface area contributed by atoms with E-state index >= 15 is 0 Å². The second-order valence-electron chi connectivity index (χ2n) is 4.86. The molecule has 0 heterocycles. The summed E-state index contributed by atoms with van der Waals surface area (Å²) in [6.07, 6.45) is 1.10. The number of nitrogens with one attached hydrogen (secondary N) is 1. The number of aliphatic imine (C=N–C) groups is 1. The lowest BCUT2D eigenvalue weighted by molar-refractivity contribution is -0.497. The van der Waals surface area contributed by atoms with E-state index in [1.807, 2.05) is 0 Å². The molecule has 0 saturated heterocycles. The van der Waals surface area contributed by atoms with Gasteiger partial charge in [0, 0.05) is 30.4 Å². The van der Waals surface area contributed by atoms with Gasteiger partial charge in [0.05, 0.1) is 6.04 Å². The van der Waals surface area contributed by atoms with E-state index in [0.717, 1.165) is 5.48 Å². The summed E-state index contributed by atoms with van der Waals surface area (Å²) in [7, 11) is 0. The molecule has 1 aromatic rings. The van der Waals surface area contributed by atoms with E-state index in [4.69, 9.17) is 22.9 Å². The Morgan fingerprint density at radius 1 is 1.36 bits per heavy atom. The highest BCUT2D eigenvalue weighted by Gasteiger charge is 2.15. The summed E-state index contributed by atoms with van der Waals surface area (Å²) in [4.78, 5) is 15.3. The average Bonchev–Trinajstić information content (AvgIpc) is 2.45. The summed E-state index contributed by atoms with van der Waals surface area (Å²) >= 11 is 0. The molecular formula is C13H23N7O2. The number of amides is 1. The maximum Gasteiger partial charge on any atom is 0.234 e. The summed E-state index contributed by atoms with van der Waals surface area (Å²) in [5, 5.41) is 14.0. The SMILES string of the molecule is NC(=O)[C@H](CCCN=C(N)N)NCc1cc(N)ccc1[NH2+][O-]. The van der Waals surface area contributed by atoms with Crippen molar-refractivity contribution in [2.45, 2.75) is 25.4 Å². The number of nitrogens with zero attached hydrogens (tertiary/aromatic N) is 1. The van der Waals surface area contributed by atoms with Crippen LogP contribution in [0.1, 0.15) is 18.4 Å². The van der Waals surface area contributed by atoms with Gasteiger partial charge in [-0.2, -0.15) is 0 Å². The first-order chi connectivity index (χ1) is 10.4. The van der Waals surface area contributed by atoms with E-state index in [2.05, 4.69) is 10.3 Å². The molecule has 0 aliphatic heterocycles. The van der Waals surface area contributed by atoms with E-state index in [1.165, 1.54) is 0 Å². The van der Waals surface area contributed by atoms with Crippen LogP contribution in [0.2, 0.25) is 0 Å². The van der Waals surface area contributed by atoms with Gasteiger partial charge in [0.2, 0.25) is 5.91 Å². The van der Waals surface area contributed by atoms with E-state index < -0.39 is 11.9 Å². The normalized spacial score (nSPS) is 11.9. The van der Waals surface area contributed by atoms with Crippen LogP contribution in [-0.4, -0.2) is 24.5 Å². The lowest BCUT2D eigenvalue weighted by atomic mass is 10.1. The number of primary amides is 1. The van der Waals surface area contributed by atoms with Crippen molar-refractivity contribution in [1.82, 2.24) is 5.32 Å². The second-order valence-corrected chi connectivity index (χ2v) is 4.86. The molecule has 0 radical (unpaired) electrons. The molecule has 0 aliphatic carbocycles. The van der Waals surface area contributed by atoms with Crippen LogP contribution in [0.4, 0.5) is 11.4 Å². The maximum atomic E-state index is 11.5. The molecule has 1 aromatic carbocycles. The molecular weight excluding hydrogens is 286 g/mol. The summed E-state index contributed by atoms with van der Waals surface area (Å²) in [6, 6.07) is 4.44. The van der Waals surface area contributed by atoms with Crippen molar-refractivity contribution in [3.8, 4) is 0 Å². The van der Waals surface area contributed by atoms with Gasteiger partial charge < -0.3 is 38.9 Å². The number of quaternary nitrogens is 1. The van der Waals surface area contributed by atoms with Gasteiger partial charge in [-0.05, 0) is 25.0 Å². The second kappa shape index (κ2) is 8.82. The van der Waals surface area contributed by atoms with Crippen LogP contribution in [0.25, 0.3) is 0 Å². The van der Waals surface area contributed by atoms with Crippen LogP contribution in [0.5, 0.6) is 0 Å². The molecule has 0 unspecified atom stereocenters. The molecule has 11 N–H and O–H groups in total. The van der Waals surface area contributed by atoms with E-state index in [0.29, 0.717) is 42.9 Å². The first-order valence-corrected chi connectivity index (χ1v) is 6.85. The van der Waals surface area contributed by atoms with Crippen molar-refractivity contribution >= 4 is 23.2 Å². The minimum atomic E-state index is -0.532. The summed E-state index contributed by atoms with van der Waals surface area (Å²) in [6.45, 7) is 0.737. The lowest BCUT2D eigenvalue weighted by Gasteiger charge is -2.16. The van der Waals surface area contributed by atoms with Crippen molar-refractivity contribution in [3.63, 3.8) is 0 Å². The molecule has 0 spiro atoms. The van der Waals surface area contributed by atoms with Crippen LogP contribution >= 0.6 is 0 Å². The smallest absolute Gasteiger partial charge is 0.234 e. The highest BCUT2D eigenvalue weighted by atomic mass is 16.5. The molecule has 0 saturated carbocycles. The fourth-order valence-electron chi connectivity index (χ4n) is 1.98. The Kier molecular flexibility index (Phi) is 7.09. The number of hydrogen-bond acceptors (Lipinski definition) is 5. The summed E-state index contributed by atoms with van der Waals surface area (Å²) in [5.74, 6) is -0.458. The third kappa shape index (κ3) is 5.95. The maximum absolute atomic E-state index is 11.5. The van der Waals surface area contributed by atoms with Gasteiger partial charge in [0.25, 0.3) is 0 Å². The fourth-order valence-corrected chi connectivity index (χ4v) is 1.98. The van der Waals surface area contributed by atoms with Crippen LogP contribution in [0.15, 0.2) is 23.2 Å². The highest BCUT2D eigenvalue weighted by Crippen LogP contribution is 2.14. The molecule has 1 rings (SSSR count). The van der Waals surface area contributed by atoms with Crippen LogP contribution in [0, 0.1) is 5.21 Å². The third-order valence-corrected chi connectivity index (χ3v) is 3.12. The highest BCUT2D eigenvalue weighted by molar-refractivity contribution is 5.79. The minimum Gasteiger partial charge on any atom is -0.630 e. The van der Waals surface area contributed by atoms with Crippen molar-refractivity contribution < 1.29 is 10.3 Å². The van der Waals surface area contributed by atoms with E-state index in [9.17, 15) is 10.0 Å². The third-order valence-electron chi connectivity index (χ3n) is 3.12. The number of hydrogen-bond donors (Lipinski definition) is 6. The van der Waals surface area contributed by atoms with Crippen molar-refractivity contribution in [2.75, 3.05) is 12.3 Å². The number of carbonyl (C=O) groups excluding carboxylic acids is 1. The number of rotatable bonds is 9. The molecule has 1 atom stereocenters. The number of benzene rings is 1. The molecule has 9 heteroatoms. The van der Waals surface area contributed by atoms with Crippen LogP contribution < -0.4 is 33.7 Å². The van der Waals surface area contributed by atoms with Crippen molar-refractivity contribution in [2.24, 2.45) is 22.2 Å². The Bertz CT molecular complexity index is 529. The number of anilines is 1. The van der Waals surface area contributed by atoms with Crippen molar-refractivity contribution in [1.29, 1.82) is 0 Å². The van der Waals surface area contributed by atoms with Gasteiger partial charge in [-0.25, -0.2) is 0 Å². The zero-order valence-corrected chi connectivity index (χ0v) is 12.3. The molecule has 9 nitrogen and oxygen atoms in total. The predicted octanol–water partition coefficient (Wildman–Crippen LogP) is -2.04. The number of nitrogen functional groups attached to an aromatic ring is 1. The molecule has 0 fully saturated rings. The molecule has 1 amide bonds. The standard InChI is InChI=1S/C13H23N7O2/c14-9-3-4-10(20-22)8(6-9)7-19-11(12(15)21)2-1-5-18-13(16)17/h3-4,6,11,19H,1-2,5,7,14,20H2,(H2,15,21)(H4,16,17,18)/t11-/m0/s1. The predicted molar refractivity (Wildman–Crippen MR) is 85.5 cm³/mol. The molecule has 122 valence electrons. The Balaban J connectivity index is 2.59.